The molecular formula is C20H19ClFN3O4S3. The molecule has 32 heavy (non-hydrogen) atoms. The maximum absolute atomic E-state index is 13.6. The van der Waals surface area contributed by atoms with Crippen molar-refractivity contribution in [2.45, 2.75) is 17.7 Å². The first-order chi connectivity index (χ1) is 15.1. The van der Waals surface area contributed by atoms with Crippen LogP contribution in [-0.2, 0) is 16.4 Å². The van der Waals surface area contributed by atoms with Gasteiger partial charge in [0.15, 0.2) is 4.32 Å². The van der Waals surface area contributed by atoms with E-state index in [2.05, 4.69) is 5.16 Å². The van der Waals surface area contributed by atoms with Gasteiger partial charge in [-0.25, -0.2) is 23.0 Å². The number of aryl methyl sites for hydroxylation is 1. The Kier molecular flexibility index (Phi) is 7.91. The summed E-state index contributed by atoms with van der Waals surface area (Å²) >= 11 is 12.3. The van der Waals surface area contributed by atoms with Gasteiger partial charge in [-0.15, -0.1) is 0 Å². The largest absolute Gasteiger partial charge is 0.360 e. The molecule has 0 fully saturated rings. The van der Waals surface area contributed by atoms with Crippen LogP contribution in [0.3, 0.4) is 0 Å². The Bertz CT molecular complexity index is 1230. The molecule has 0 aliphatic heterocycles. The molecule has 7 nitrogen and oxygen atoms in total. The van der Waals surface area contributed by atoms with Crippen LogP contribution in [0.4, 0.5) is 4.39 Å². The van der Waals surface area contributed by atoms with Gasteiger partial charge in [0.2, 0.25) is 10.0 Å². The summed E-state index contributed by atoms with van der Waals surface area (Å²) in [6.45, 7) is 0. The molecule has 0 spiro atoms. The fraction of sp³-hybridized carbons (Fsp3) is 0.200. The number of primary sulfonamides is 1. The molecule has 0 radical (unpaired) electrons. The monoisotopic (exact) mass is 515 g/mol. The SMILES string of the molecule is CN(O)C(=S)SCCCc1onc(-c2ccc(F)c(Cl)c2)c1-c1ccc(S(N)(=O)=O)cc1. The molecule has 0 atom stereocenters. The highest BCUT2D eigenvalue weighted by molar-refractivity contribution is 8.22. The van der Waals surface area contributed by atoms with Crippen LogP contribution < -0.4 is 5.14 Å². The van der Waals surface area contributed by atoms with Crippen LogP contribution in [0.25, 0.3) is 22.4 Å². The quantitative estimate of drug-likeness (QED) is 0.264. The number of nitrogens with zero attached hydrogens (tertiary/aromatic N) is 2. The molecule has 0 aliphatic carbocycles. The Morgan fingerprint density at radius 2 is 1.94 bits per heavy atom. The average molecular weight is 516 g/mol. The minimum atomic E-state index is -3.84. The molecule has 1 aromatic heterocycles. The Morgan fingerprint density at radius 1 is 1.28 bits per heavy atom. The lowest BCUT2D eigenvalue weighted by atomic mass is 9.97. The second-order valence-corrected chi connectivity index (χ2v) is 10.5. The van der Waals surface area contributed by atoms with E-state index in [1.54, 1.807) is 12.1 Å². The van der Waals surface area contributed by atoms with Crippen LogP contribution in [0.5, 0.6) is 0 Å². The molecule has 0 saturated heterocycles. The topological polar surface area (TPSA) is 110 Å². The summed E-state index contributed by atoms with van der Waals surface area (Å²) in [5, 5.41) is 19.5. The van der Waals surface area contributed by atoms with Gasteiger partial charge >= 0.3 is 0 Å². The van der Waals surface area contributed by atoms with E-state index in [0.29, 0.717) is 51.1 Å². The summed E-state index contributed by atoms with van der Waals surface area (Å²) in [7, 11) is -2.39. The van der Waals surface area contributed by atoms with Crippen molar-refractivity contribution in [2.75, 3.05) is 12.8 Å². The molecule has 0 amide bonds. The van der Waals surface area contributed by atoms with E-state index in [1.165, 1.54) is 49.1 Å². The second kappa shape index (κ2) is 10.3. The molecule has 3 aromatic rings. The van der Waals surface area contributed by atoms with Crippen molar-refractivity contribution in [3.05, 3.63) is 59.1 Å². The van der Waals surface area contributed by atoms with Crippen molar-refractivity contribution in [1.29, 1.82) is 0 Å². The van der Waals surface area contributed by atoms with Crippen molar-refractivity contribution < 1.29 is 22.5 Å². The third-order valence-corrected chi connectivity index (χ3v) is 7.31. The van der Waals surface area contributed by atoms with Gasteiger partial charge in [0, 0.05) is 24.8 Å². The maximum atomic E-state index is 13.6. The Hall–Kier alpha value is -2.02. The van der Waals surface area contributed by atoms with E-state index in [1.807, 2.05) is 0 Å². The van der Waals surface area contributed by atoms with Crippen LogP contribution in [0.15, 0.2) is 51.9 Å². The highest BCUT2D eigenvalue weighted by atomic mass is 35.5. The number of thioether (sulfide) groups is 1. The van der Waals surface area contributed by atoms with Crippen LogP contribution in [0.1, 0.15) is 12.2 Å². The molecule has 170 valence electrons. The van der Waals surface area contributed by atoms with Gasteiger partial charge in [0.1, 0.15) is 17.3 Å². The summed E-state index contributed by atoms with van der Waals surface area (Å²) in [5.74, 6) is 0.638. The van der Waals surface area contributed by atoms with Gasteiger partial charge in [0.05, 0.1) is 15.5 Å². The van der Waals surface area contributed by atoms with Gasteiger partial charge in [-0.3, -0.25) is 5.21 Å². The number of thiocarbonyl (C=S) groups is 1. The molecule has 0 bridgehead atoms. The summed E-state index contributed by atoms with van der Waals surface area (Å²) < 4.78 is 42.8. The zero-order valence-corrected chi connectivity index (χ0v) is 20.0. The Labute approximate surface area is 199 Å². The first-order valence-electron chi connectivity index (χ1n) is 9.24. The summed E-state index contributed by atoms with van der Waals surface area (Å²) in [4.78, 5) is -0.0244. The smallest absolute Gasteiger partial charge is 0.238 e. The first kappa shape index (κ1) is 24.6. The van der Waals surface area contributed by atoms with Crippen molar-refractivity contribution in [2.24, 2.45) is 5.14 Å². The number of hydrogen-bond acceptors (Lipinski definition) is 7. The van der Waals surface area contributed by atoms with E-state index in [9.17, 15) is 18.0 Å². The minimum Gasteiger partial charge on any atom is -0.360 e. The molecule has 1 heterocycles. The first-order valence-corrected chi connectivity index (χ1v) is 12.6. The van der Waals surface area contributed by atoms with Crippen LogP contribution in [-0.4, -0.2) is 41.0 Å². The summed E-state index contributed by atoms with van der Waals surface area (Å²) in [6, 6.07) is 10.2. The number of aromatic nitrogens is 1. The average Bonchev–Trinajstić information content (AvgIpc) is 3.16. The lowest BCUT2D eigenvalue weighted by Crippen LogP contribution is -2.17. The number of benzene rings is 2. The van der Waals surface area contributed by atoms with E-state index in [4.69, 9.17) is 33.5 Å². The van der Waals surface area contributed by atoms with E-state index in [0.717, 1.165) is 5.06 Å². The summed E-state index contributed by atoms with van der Waals surface area (Å²) in [5.41, 5.74) is 2.29. The standard InChI is InChI=1S/C20H19ClFN3O4S3/c1-25(26)20(30)31-10-2-3-17-18(12-4-7-14(8-5-12)32(23,27)28)19(24-29-17)13-6-9-16(22)15(21)11-13/h4-9,11,26H,2-3,10H2,1H3,(H2,23,27,28). The Balaban J connectivity index is 1.96. The third-order valence-electron chi connectivity index (χ3n) is 4.47. The molecular weight excluding hydrogens is 497 g/mol. The number of hydrogen-bond donors (Lipinski definition) is 2. The van der Waals surface area contributed by atoms with Crippen molar-refractivity contribution in [3.8, 4) is 22.4 Å². The fourth-order valence-corrected chi connectivity index (χ4v) is 4.53. The van der Waals surface area contributed by atoms with Crippen LogP contribution >= 0.6 is 35.6 Å². The highest BCUT2D eigenvalue weighted by Crippen LogP contribution is 2.37. The van der Waals surface area contributed by atoms with Crippen molar-refractivity contribution in [1.82, 2.24) is 10.2 Å². The molecule has 3 rings (SSSR count). The highest BCUT2D eigenvalue weighted by Gasteiger charge is 2.21. The normalized spacial score (nSPS) is 11.5. The molecule has 0 unspecified atom stereocenters. The summed E-state index contributed by atoms with van der Waals surface area (Å²) in [6.07, 6.45) is 1.17. The third kappa shape index (κ3) is 5.85. The predicted molar refractivity (Wildman–Crippen MR) is 127 cm³/mol. The lowest BCUT2D eigenvalue weighted by molar-refractivity contribution is 0.0205. The number of rotatable bonds is 7. The van der Waals surface area contributed by atoms with Crippen LogP contribution in [0, 0.1) is 5.82 Å². The van der Waals surface area contributed by atoms with Gasteiger partial charge < -0.3 is 4.52 Å². The molecule has 3 N–H and O–H groups in total. The van der Waals surface area contributed by atoms with Gasteiger partial charge in [0.25, 0.3) is 0 Å². The van der Waals surface area contributed by atoms with Gasteiger partial charge in [-0.05, 0) is 42.3 Å². The number of halogens is 2. The zero-order valence-electron chi connectivity index (χ0n) is 16.8. The lowest BCUT2D eigenvalue weighted by Gasteiger charge is -2.10. The van der Waals surface area contributed by atoms with Gasteiger partial charge in [-0.1, -0.05) is 52.9 Å². The Morgan fingerprint density at radius 3 is 2.53 bits per heavy atom. The molecule has 2 aromatic carbocycles. The van der Waals surface area contributed by atoms with Gasteiger partial charge in [-0.2, -0.15) is 0 Å². The second-order valence-electron chi connectivity index (χ2n) is 6.77. The molecule has 0 aliphatic rings. The maximum Gasteiger partial charge on any atom is 0.238 e. The number of sulfonamides is 1. The van der Waals surface area contributed by atoms with E-state index < -0.39 is 15.8 Å². The van der Waals surface area contributed by atoms with Crippen molar-refractivity contribution in [3.63, 3.8) is 0 Å². The number of hydroxylamine groups is 2. The molecule has 12 heteroatoms. The van der Waals surface area contributed by atoms with E-state index in [-0.39, 0.29) is 9.92 Å². The predicted octanol–water partition coefficient (Wildman–Crippen LogP) is 4.72. The zero-order chi connectivity index (χ0) is 23.5. The minimum absolute atomic E-state index is 0.0244. The fourth-order valence-electron chi connectivity index (χ4n) is 2.93. The number of nitrogens with two attached hydrogens (primary N) is 1. The van der Waals surface area contributed by atoms with E-state index >= 15 is 0 Å². The van der Waals surface area contributed by atoms with Crippen molar-refractivity contribution >= 4 is 49.9 Å². The van der Waals surface area contributed by atoms with Crippen LogP contribution in [0.2, 0.25) is 5.02 Å². The molecule has 0 saturated carbocycles.